The van der Waals surface area contributed by atoms with Crippen molar-refractivity contribution in [2.75, 3.05) is 7.11 Å². The van der Waals surface area contributed by atoms with E-state index in [0.29, 0.717) is 10.6 Å². The van der Waals surface area contributed by atoms with Crippen LogP contribution in [0.2, 0.25) is 0 Å². The highest BCUT2D eigenvalue weighted by Gasteiger charge is 2.21. The van der Waals surface area contributed by atoms with E-state index in [2.05, 4.69) is 15.6 Å². The standard InChI is InChI=1S/C23H29N3O6S/c1-22(2,3)31-20(28)25-19(26-21(29)32-23(4,5)6)24-15-10-8-9-14(13-15)16-11-12-17(33-16)18(27)30-7/h8-13H,1-7H3,(H2,24,25,26,28,29). The van der Waals surface area contributed by atoms with Gasteiger partial charge in [-0.15, -0.1) is 11.3 Å². The van der Waals surface area contributed by atoms with Crippen molar-refractivity contribution in [3.05, 3.63) is 41.3 Å². The number of nitrogens with zero attached hydrogens (tertiary/aromatic N) is 1. The third-order valence-electron chi connectivity index (χ3n) is 3.60. The highest BCUT2D eigenvalue weighted by atomic mass is 32.1. The van der Waals surface area contributed by atoms with Gasteiger partial charge in [-0.2, -0.15) is 0 Å². The molecule has 1 aromatic heterocycles. The van der Waals surface area contributed by atoms with Gasteiger partial charge in [-0.05, 0) is 71.4 Å². The first-order valence-electron chi connectivity index (χ1n) is 10.1. The number of rotatable bonds is 3. The highest BCUT2D eigenvalue weighted by Crippen LogP contribution is 2.30. The number of ether oxygens (including phenoxy) is 3. The number of nitrogens with one attached hydrogen (secondary N) is 2. The number of carbonyl (C=O) groups excluding carboxylic acids is 3. The predicted octanol–water partition coefficient (Wildman–Crippen LogP) is 5.24. The molecule has 2 amide bonds. The monoisotopic (exact) mass is 475 g/mol. The number of methoxy groups -OCH3 is 1. The fraction of sp³-hybridized carbons (Fsp3) is 0.391. The Morgan fingerprint density at radius 3 is 1.97 bits per heavy atom. The number of guanidine groups is 1. The summed E-state index contributed by atoms with van der Waals surface area (Å²) >= 11 is 1.28. The molecule has 2 aromatic rings. The van der Waals surface area contributed by atoms with Crippen LogP contribution < -0.4 is 10.6 Å². The van der Waals surface area contributed by atoms with Crippen molar-refractivity contribution in [1.82, 2.24) is 10.6 Å². The Morgan fingerprint density at radius 1 is 0.879 bits per heavy atom. The van der Waals surface area contributed by atoms with E-state index in [-0.39, 0.29) is 5.96 Å². The zero-order valence-electron chi connectivity index (χ0n) is 19.8. The van der Waals surface area contributed by atoms with Crippen molar-refractivity contribution in [1.29, 1.82) is 0 Å². The first-order valence-corrected chi connectivity index (χ1v) is 10.9. The molecule has 0 radical (unpaired) electrons. The molecule has 0 saturated heterocycles. The van der Waals surface area contributed by atoms with Gasteiger partial charge >= 0.3 is 18.2 Å². The molecule has 0 fully saturated rings. The summed E-state index contributed by atoms with van der Waals surface area (Å²) in [6, 6.07) is 10.6. The minimum absolute atomic E-state index is 0.155. The second-order valence-corrected chi connectivity index (χ2v) is 10.0. The van der Waals surface area contributed by atoms with E-state index < -0.39 is 29.4 Å². The molecule has 1 heterocycles. The molecule has 2 rings (SSSR count). The lowest BCUT2D eigenvalue weighted by molar-refractivity contribution is 0.0542. The Hall–Kier alpha value is -3.40. The maximum Gasteiger partial charge on any atom is 0.414 e. The van der Waals surface area contributed by atoms with Gasteiger partial charge in [-0.25, -0.2) is 19.4 Å². The van der Waals surface area contributed by atoms with Crippen LogP contribution in [0.3, 0.4) is 0 Å². The van der Waals surface area contributed by atoms with Gasteiger partial charge < -0.3 is 14.2 Å². The van der Waals surface area contributed by atoms with E-state index in [1.54, 1.807) is 71.9 Å². The van der Waals surface area contributed by atoms with Crippen molar-refractivity contribution in [2.45, 2.75) is 52.7 Å². The van der Waals surface area contributed by atoms with Crippen LogP contribution in [0.4, 0.5) is 15.3 Å². The second kappa shape index (κ2) is 10.5. The van der Waals surface area contributed by atoms with Crippen molar-refractivity contribution >= 4 is 41.1 Å². The summed E-state index contributed by atoms with van der Waals surface area (Å²) in [6.45, 7) is 10.3. The van der Waals surface area contributed by atoms with E-state index in [9.17, 15) is 14.4 Å². The maximum atomic E-state index is 12.3. The Balaban J connectivity index is 2.32. The largest absolute Gasteiger partial charge is 0.465 e. The minimum atomic E-state index is -0.783. The molecule has 2 N–H and O–H groups in total. The summed E-state index contributed by atoms with van der Waals surface area (Å²) in [5, 5.41) is 4.89. The summed E-state index contributed by atoms with van der Waals surface area (Å²) in [7, 11) is 1.33. The Bertz CT molecular complexity index is 1010. The van der Waals surface area contributed by atoms with Crippen LogP contribution >= 0.6 is 11.3 Å². The molecular weight excluding hydrogens is 446 g/mol. The summed E-state index contributed by atoms with van der Waals surface area (Å²) in [5.74, 6) is -0.567. The van der Waals surface area contributed by atoms with Crippen LogP contribution in [0.1, 0.15) is 51.2 Å². The van der Waals surface area contributed by atoms with E-state index in [0.717, 1.165) is 10.4 Å². The molecule has 33 heavy (non-hydrogen) atoms. The SMILES string of the molecule is COC(=O)c1ccc(-c2cccc(N=C(NC(=O)OC(C)(C)C)NC(=O)OC(C)(C)C)c2)s1. The molecule has 0 bridgehead atoms. The van der Waals surface area contributed by atoms with E-state index >= 15 is 0 Å². The molecule has 178 valence electrons. The van der Waals surface area contributed by atoms with Gasteiger partial charge in [-0.3, -0.25) is 10.6 Å². The number of hydrogen-bond acceptors (Lipinski definition) is 8. The number of benzene rings is 1. The van der Waals surface area contributed by atoms with Gasteiger partial charge in [0, 0.05) is 4.88 Å². The fourth-order valence-corrected chi connectivity index (χ4v) is 3.37. The minimum Gasteiger partial charge on any atom is -0.465 e. The van der Waals surface area contributed by atoms with Crippen molar-refractivity contribution in [3.8, 4) is 10.4 Å². The molecule has 0 spiro atoms. The molecule has 0 aliphatic heterocycles. The molecule has 9 nitrogen and oxygen atoms in total. The van der Waals surface area contributed by atoms with Gasteiger partial charge in [0.05, 0.1) is 12.8 Å². The topological polar surface area (TPSA) is 115 Å². The lowest BCUT2D eigenvalue weighted by Crippen LogP contribution is -2.47. The molecule has 0 atom stereocenters. The van der Waals surface area contributed by atoms with E-state index in [4.69, 9.17) is 14.2 Å². The van der Waals surface area contributed by atoms with E-state index in [1.165, 1.54) is 18.4 Å². The maximum absolute atomic E-state index is 12.3. The number of aliphatic imine (C=N–C) groups is 1. The number of esters is 1. The van der Waals surface area contributed by atoms with Crippen LogP contribution in [-0.4, -0.2) is 42.4 Å². The number of carbonyl (C=O) groups is 3. The van der Waals surface area contributed by atoms with Crippen LogP contribution in [0, 0.1) is 0 Å². The number of hydrogen-bond donors (Lipinski definition) is 2. The first-order chi connectivity index (χ1) is 15.3. The predicted molar refractivity (Wildman–Crippen MR) is 127 cm³/mol. The third kappa shape index (κ3) is 8.93. The molecule has 0 saturated carbocycles. The van der Waals surface area contributed by atoms with Crippen LogP contribution in [-0.2, 0) is 14.2 Å². The van der Waals surface area contributed by atoms with Gasteiger partial charge in [0.15, 0.2) is 0 Å². The lowest BCUT2D eigenvalue weighted by Gasteiger charge is -2.22. The van der Waals surface area contributed by atoms with Crippen LogP contribution in [0.15, 0.2) is 41.4 Å². The van der Waals surface area contributed by atoms with Crippen LogP contribution in [0.5, 0.6) is 0 Å². The molecular formula is C23H29N3O6S. The highest BCUT2D eigenvalue weighted by molar-refractivity contribution is 7.17. The molecule has 10 heteroatoms. The summed E-state index contributed by atoms with van der Waals surface area (Å²) in [5.41, 5.74) is -0.234. The third-order valence-corrected chi connectivity index (χ3v) is 4.72. The summed E-state index contributed by atoms with van der Waals surface area (Å²) < 4.78 is 15.3. The van der Waals surface area contributed by atoms with Crippen molar-refractivity contribution in [2.24, 2.45) is 4.99 Å². The number of thiophene rings is 1. The van der Waals surface area contributed by atoms with Crippen LogP contribution in [0.25, 0.3) is 10.4 Å². The molecule has 0 aliphatic rings. The Kier molecular flexibility index (Phi) is 8.21. The summed E-state index contributed by atoms with van der Waals surface area (Å²) in [6.07, 6.45) is -1.57. The normalized spacial score (nSPS) is 11.2. The zero-order valence-corrected chi connectivity index (χ0v) is 20.6. The quantitative estimate of drug-likeness (QED) is 0.272. The Morgan fingerprint density at radius 2 is 1.45 bits per heavy atom. The fourth-order valence-electron chi connectivity index (χ4n) is 2.45. The summed E-state index contributed by atoms with van der Waals surface area (Å²) in [4.78, 5) is 41.9. The van der Waals surface area contributed by atoms with Gasteiger partial charge in [-0.1, -0.05) is 12.1 Å². The average Bonchev–Trinajstić information content (AvgIpc) is 3.14. The van der Waals surface area contributed by atoms with Crippen molar-refractivity contribution in [3.63, 3.8) is 0 Å². The number of alkyl carbamates (subject to hydrolysis) is 2. The zero-order chi connectivity index (χ0) is 24.8. The molecule has 0 unspecified atom stereocenters. The number of amides is 2. The molecule has 1 aromatic carbocycles. The van der Waals surface area contributed by atoms with Gasteiger partial charge in [0.25, 0.3) is 0 Å². The van der Waals surface area contributed by atoms with Crippen molar-refractivity contribution < 1.29 is 28.6 Å². The van der Waals surface area contributed by atoms with E-state index in [1.807, 2.05) is 6.07 Å². The van der Waals surface area contributed by atoms with Gasteiger partial charge in [0.2, 0.25) is 5.96 Å². The smallest absolute Gasteiger partial charge is 0.414 e. The lowest BCUT2D eigenvalue weighted by atomic mass is 10.1. The Labute approximate surface area is 197 Å². The molecule has 0 aliphatic carbocycles. The average molecular weight is 476 g/mol. The van der Waals surface area contributed by atoms with Gasteiger partial charge in [0.1, 0.15) is 16.1 Å². The first kappa shape index (κ1) is 25.9. The second-order valence-electron chi connectivity index (χ2n) is 8.92.